The number of hydrogen-bond donors (Lipinski definition) is 2. The van der Waals surface area contributed by atoms with Crippen molar-refractivity contribution >= 4 is 29.7 Å². The summed E-state index contributed by atoms with van der Waals surface area (Å²) in [4.78, 5) is 36.7. The van der Waals surface area contributed by atoms with Crippen molar-refractivity contribution in [1.82, 2.24) is 10.6 Å². The fourth-order valence-electron chi connectivity index (χ4n) is 2.08. The third-order valence-electron chi connectivity index (χ3n) is 3.44. The van der Waals surface area contributed by atoms with Crippen LogP contribution in [0.25, 0.3) is 0 Å². The lowest BCUT2D eigenvalue weighted by molar-refractivity contribution is -0.154. The predicted octanol–water partition coefficient (Wildman–Crippen LogP) is 2.91. The molecule has 136 valence electrons. The molecule has 0 heterocycles. The molecule has 6 nitrogen and oxygen atoms in total. The molecule has 3 amide bonds. The molecular weight excluding hydrogens is 352 g/mol. The molecule has 0 aliphatic heterocycles. The molecule has 0 unspecified atom stereocenters. The number of nitrogens with one attached hydrogen (secondary N) is 2. The quantitative estimate of drug-likeness (QED) is 0.602. The van der Waals surface area contributed by atoms with Crippen LogP contribution in [0.15, 0.2) is 65.6 Å². The number of imide groups is 1. The van der Waals surface area contributed by atoms with Gasteiger partial charge in [0.1, 0.15) is 5.25 Å². The Morgan fingerprint density at radius 2 is 1.54 bits per heavy atom. The van der Waals surface area contributed by atoms with E-state index < -0.39 is 29.3 Å². The van der Waals surface area contributed by atoms with E-state index in [-0.39, 0.29) is 0 Å². The lowest BCUT2D eigenvalue weighted by Crippen LogP contribution is -2.43. The van der Waals surface area contributed by atoms with E-state index in [1.807, 2.05) is 60.7 Å². The van der Waals surface area contributed by atoms with Crippen molar-refractivity contribution in [3.63, 3.8) is 0 Å². The molecule has 2 aromatic carbocycles. The first-order valence-corrected chi connectivity index (χ1v) is 8.89. The smallest absolute Gasteiger partial charge is 0.324 e. The summed E-state index contributed by atoms with van der Waals surface area (Å²) >= 11 is 1.34. The number of rotatable bonds is 6. The Labute approximate surface area is 156 Å². The molecule has 0 saturated heterocycles. The number of thioether (sulfide) groups is 1. The summed E-state index contributed by atoms with van der Waals surface area (Å²) in [5.41, 5.74) is 0.769. The third kappa shape index (κ3) is 5.63. The van der Waals surface area contributed by atoms with E-state index in [4.69, 9.17) is 4.74 Å². The van der Waals surface area contributed by atoms with Gasteiger partial charge in [-0.25, -0.2) is 4.79 Å². The Balaban J connectivity index is 2.13. The Morgan fingerprint density at radius 1 is 0.962 bits per heavy atom. The molecule has 7 heteroatoms. The van der Waals surface area contributed by atoms with E-state index in [1.165, 1.54) is 25.7 Å². The molecule has 0 bridgehead atoms. The molecule has 0 spiro atoms. The van der Waals surface area contributed by atoms with E-state index in [0.717, 1.165) is 10.5 Å². The van der Waals surface area contributed by atoms with Crippen LogP contribution in [0, 0.1) is 0 Å². The number of carbonyl (C=O) groups excluding carboxylic acids is 3. The van der Waals surface area contributed by atoms with Crippen LogP contribution in [-0.4, -0.2) is 31.1 Å². The summed E-state index contributed by atoms with van der Waals surface area (Å²) in [6.07, 6.45) is -1.10. The molecule has 0 aliphatic rings. The van der Waals surface area contributed by atoms with Gasteiger partial charge in [-0.3, -0.25) is 14.9 Å². The van der Waals surface area contributed by atoms with Gasteiger partial charge in [-0.05, 0) is 24.6 Å². The molecule has 26 heavy (non-hydrogen) atoms. The number of esters is 1. The number of urea groups is 1. The van der Waals surface area contributed by atoms with Crippen molar-refractivity contribution in [3.05, 3.63) is 66.2 Å². The molecule has 0 aliphatic carbocycles. The minimum Gasteiger partial charge on any atom is -0.451 e. The van der Waals surface area contributed by atoms with Crippen molar-refractivity contribution in [2.45, 2.75) is 23.2 Å². The Hall–Kier alpha value is -2.80. The number of hydrogen-bond acceptors (Lipinski definition) is 5. The second-order valence-corrected chi connectivity index (χ2v) is 6.55. The zero-order chi connectivity index (χ0) is 18.9. The molecule has 0 aromatic heterocycles. The minimum atomic E-state index is -1.10. The fraction of sp³-hybridized carbons (Fsp3) is 0.211. The SMILES string of the molecule is CNC(=O)NC(=O)[C@H](C)OC(=O)[C@H](Sc1ccccc1)c1ccccc1. The summed E-state index contributed by atoms with van der Waals surface area (Å²) in [6, 6.07) is 18.0. The number of amides is 3. The van der Waals surface area contributed by atoms with Crippen molar-refractivity contribution in [1.29, 1.82) is 0 Å². The lowest BCUT2D eigenvalue weighted by atomic mass is 10.1. The third-order valence-corrected chi connectivity index (χ3v) is 4.68. The highest BCUT2D eigenvalue weighted by molar-refractivity contribution is 8.00. The van der Waals surface area contributed by atoms with Gasteiger partial charge in [0.15, 0.2) is 6.10 Å². The average molecular weight is 372 g/mol. The van der Waals surface area contributed by atoms with E-state index >= 15 is 0 Å². The lowest BCUT2D eigenvalue weighted by Gasteiger charge is -2.19. The molecule has 0 saturated carbocycles. The molecule has 0 fully saturated rings. The van der Waals surface area contributed by atoms with Gasteiger partial charge in [0, 0.05) is 11.9 Å². The van der Waals surface area contributed by atoms with E-state index in [9.17, 15) is 14.4 Å². The summed E-state index contributed by atoms with van der Waals surface area (Å²) < 4.78 is 5.29. The van der Waals surface area contributed by atoms with Crippen molar-refractivity contribution in [2.75, 3.05) is 7.05 Å². The molecule has 2 rings (SSSR count). The number of benzene rings is 2. The Bertz CT molecular complexity index is 753. The number of carbonyl (C=O) groups is 3. The largest absolute Gasteiger partial charge is 0.451 e. The minimum absolute atomic E-state index is 0.551. The summed E-state index contributed by atoms with van der Waals surface area (Å²) in [7, 11) is 1.39. The van der Waals surface area contributed by atoms with Gasteiger partial charge in [0.05, 0.1) is 0 Å². The van der Waals surface area contributed by atoms with Crippen LogP contribution in [0.4, 0.5) is 4.79 Å². The second-order valence-electron chi connectivity index (χ2n) is 5.37. The zero-order valence-corrected chi connectivity index (χ0v) is 15.3. The maximum absolute atomic E-state index is 12.7. The van der Waals surface area contributed by atoms with Crippen molar-refractivity contribution in [3.8, 4) is 0 Å². The summed E-state index contributed by atoms with van der Waals surface area (Å²) in [5.74, 6) is -1.24. The summed E-state index contributed by atoms with van der Waals surface area (Å²) in [6.45, 7) is 1.42. The van der Waals surface area contributed by atoms with Crippen LogP contribution in [0.5, 0.6) is 0 Å². The fourth-order valence-corrected chi connectivity index (χ4v) is 3.11. The number of ether oxygens (including phenoxy) is 1. The highest BCUT2D eigenvalue weighted by Gasteiger charge is 2.28. The van der Waals surface area contributed by atoms with Gasteiger partial charge in [0.2, 0.25) is 0 Å². The van der Waals surface area contributed by atoms with Gasteiger partial charge in [-0.2, -0.15) is 0 Å². The second kappa shape index (κ2) is 9.62. The van der Waals surface area contributed by atoms with Crippen LogP contribution >= 0.6 is 11.8 Å². The van der Waals surface area contributed by atoms with E-state index in [1.54, 1.807) is 0 Å². The van der Waals surface area contributed by atoms with Gasteiger partial charge in [-0.15, -0.1) is 11.8 Å². The molecular formula is C19H20N2O4S. The maximum atomic E-state index is 12.7. The predicted molar refractivity (Wildman–Crippen MR) is 99.6 cm³/mol. The highest BCUT2D eigenvalue weighted by atomic mass is 32.2. The molecule has 2 atom stereocenters. The van der Waals surface area contributed by atoms with Crippen LogP contribution < -0.4 is 10.6 Å². The molecule has 0 radical (unpaired) electrons. The van der Waals surface area contributed by atoms with E-state index in [0.29, 0.717) is 0 Å². The van der Waals surface area contributed by atoms with Gasteiger partial charge in [0.25, 0.3) is 5.91 Å². The topological polar surface area (TPSA) is 84.5 Å². The summed E-state index contributed by atoms with van der Waals surface area (Å²) in [5, 5.41) is 3.73. The first-order valence-electron chi connectivity index (χ1n) is 8.01. The monoisotopic (exact) mass is 372 g/mol. The van der Waals surface area contributed by atoms with Crippen molar-refractivity contribution < 1.29 is 19.1 Å². The van der Waals surface area contributed by atoms with Gasteiger partial charge >= 0.3 is 12.0 Å². The Morgan fingerprint density at radius 3 is 2.12 bits per heavy atom. The van der Waals surface area contributed by atoms with Gasteiger partial charge < -0.3 is 10.1 Å². The Kier molecular flexibility index (Phi) is 7.23. The average Bonchev–Trinajstić information content (AvgIpc) is 2.67. The van der Waals surface area contributed by atoms with E-state index in [2.05, 4.69) is 10.6 Å². The maximum Gasteiger partial charge on any atom is 0.324 e. The first kappa shape index (κ1) is 19.5. The standard InChI is InChI=1S/C19H20N2O4S/c1-13(17(22)21-19(24)20-2)25-18(23)16(14-9-5-3-6-10-14)26-15-11-7-4-8-12-15/h3-13,16H,1-2H3,(H2,20,21,22,24)/t13-,16+/m0/s1. The van der Waals surface area contributed by atoms with Crippen LogP contribution in [0.1, 0.15) is 17.7 Å². The van der Waals surface area contributed by atoms with Crippen molar-refractivity contribution in [2.24, 2.45) is 0 Å². The normalized spacial score (nSPS) is 12.5. The van der Waals surface area contributed by atoms with Gasteiger partial charge in [-0.1, -0.05) is 48.5 Å². The highest BCUT2D eigenvalue weighted by Crippen LogP contribution is 2.36. The zero-order valence-electron chi connectivity index (χ0n) is 14.5. The first-order chi connectivity index (χ1) is 12.5. The molecule has 2 aromatic rings. The van der Waals surface area contributed by atoms with Crippen LogP contribution in [0.3, 0.4) is 0 Å². The van der Waals surface area contributed by atoms with Crippen LogP contribution in [0.2, 0.25) is 0 Å². The molecule has 2 N–H and O–H groups in total. The van der Waals surface area contributed by atoms with Crippen LogP contribution in [-0.2, 0) is 14.3 Å².